The molecule has 0 aliphatic carbocycles. The molecule has 104 valence electrons. The van der Waals surface area contributed by atoms with Gasteiger partial charge < -0.3 is 0 Å². The van der Waals surface area contributed by atoms with Crippen LogP contribution in [0.4, 0.5) is 0 Å². The Morgan fingerprint density at radius 3 is 2.80 bits per heavy atom. The van der Waals surface area contributed by atoms with Gasteiger partial charge in [-0.15, -0.1) is 11.3 Å². The van der Waals surface area contributed by atoms with Crippen LogP contribution < -0.4 is 0 Å². The van der Waals surface area contributed by atoms with Gasteiger partial charge in [-0.3, -0.25) is 4.99 Å². The van der Waals surface area contributed by atoms with Crippen LogP contribution in [-0.2, 0) is 10.0 Å². The number of aliphatic imine (C=N–C) groups is 1. The summed E-state index contributed by atoms with van der Waals surface area (Å²) in [5.74, 6) is 0.459. The van der Waals surface area contributed by atoms with Crippen LogP contribution in [0.3, 0.4) is 0 Å². The third-order valence-corrected chi connectivity index (χ3v) is 6.32. The van der Waals surface area contributed by atoms with E-state index in [1.807, 2.05) is 6.07 Å². The number of rotatable bonds is 3. The topological polar surface area (TPSA) is 49.7 Å². The normalized spacial score (nSPS) is 15.4. The average Bonchev–Trinajstić information content (AvgIpc) is 3.11. The molecule has 4 nitrogen and oxygen atoms in total. The van der Waals surface area contributed by atoms with Crippen molar-refractivity contribution < 1.29 is 8.42 Å². The van der Waals surface area contributed by atoms with Crippen molar-refractivity contribution in [2.45, 2.75) is 4.21 Å². The smallest absolute Gasteiger partial charge is 0.265 e. The Kier molecular flexibility index (Phi) is 3.54. The summed E-state index contributed by atoms with van der Waals surface area (Å²) in [5.41, 5.74) is 0.718. The molecule has 0 fully saturated rings. The van der Waals surface area contributed by atoms with E-state index in [4.69, 9.17) is 11.6 Å². The monoisotopic (exact) mass is 326 g/mol. The lowest BCUT2D eigenvalue weighted by Gasteiger charge is -2.19. The molecule has 0 saturated carbocycles. The van der Waals surface area contributed by atoms with Crippen LogP contribution in [0.2, 0.25) is 5.02 Å². The Bertz CT molecular complexity index is 754. The number of sulfonamides is 1. The van der Waals surface area contributed by atoms with Crippen LogP contribution in [-0.4, -0.2) is 31.6 Å². The van der Waals surface area contributed by atoms with E-state index < -0.39 is 10.0 Å². The number of hydrogen-bond donors (Lipinski definition) is 0. The lowest BCUT2D eigenvalue weighted by Crippen LogP contribution is -2.34. The predicted octanol–water partition coefficient (Wildman–Crippen LogP) is 2.85. The maximum Gasteiger partial charge on any atom is 0.275 e. The third-order valence-electron chi connectivity index (χ3n) is 2.92. The molecule has 1 aromatic heterocycles. The van der Waals surface area contributed by atoms with E-state index in [0.717, 1.165) is 5.56 Å². The van der Waals surface area contributed by atoms with Gasteiger partial charge in [0.25, 0.3) is 10.0 Å². The Labute approximate surface area is 126 Å². The SMILES string of the molecule is O=S(=O)(c1cccs1)N1CCN=C1c1cccc(Cl)c1. The molecule has 0 amide bonds. The van der Waals surface area contributed by atoms with Crippen molar-refractivity contribution in [2.75, 3.05) is 13.1 Å². The summed E-state index contributed by atoms with van der Waals surface area (Å²) in [5, 5.41) is 2.31. The minimum absolute atomic E-state index is 0.328. The lowest BCUT2D eigenvalue weighted by molar-refractivity contribution is 0.540. The first kappa shape index (κ1) is 13.6. The van der Waals surface area contributed by atoms with Gasteiger partial charge in [-0.1, -0.05) is 29.8 Å². The quantitative estimate of drug-likeness (QED) is 0.870. The van der Waals surface area contributed by atoms with E-state index >= 15 is 0 Å². The van der Waals surface area contributed by atoms with E-state index in [2.05, 4.69) is 4.99 Å². The van der Waals surface area contributed by atoms with Crippen LogP contribution in [0, 0.1) is 0 Å². The van der Waals surface area contributed by atoms with Crippen molar-refractivity contribution >= 4 is 38.8 Å². The van der Waals surface area contributed by atoms with E-state index in [0.29, 0.717) is 28.2 Å². The molecule has 0 saturated heterocycles. The highest BCUT2D eigenvalue weighted by Gasteiger charge is 2.31. The Morgan fingerprint density at radius 1 is 1.25 bits per heavy atom. The number of nitrogens with zero attached hydrogens (tertiary/aromatic N) is 2. The summed E-state index contributed by atoms with van der Waals surface area (Å²) in [7, 11) is -3.53. The largest absolute Gasteiger partial charge is 0.275 e. The molecule has 0 N–H and O–H groups in total. The molecular weight excluding hydrogens is 316 g/mol. The number of halogens is 1. The highest BCUT2D eigenvalue weighted by atomic mass is 35.5. The maximum atomic E-state index is 12.6. The summed E-state index contributed by atoms with van der Waals surface area (Å²) >= 11 is 7.17. The second-order valence-corrected chi connectivity index (χ2v) is 7.70. The molecule has 0 unspecified atom stereocenters. The summed E-state index contributed by atoms with van der Waals surface area (Å²) in [6.45, 7) is 0.828. The molecule has 1 aromatic carbocycles. The summed E-state index contributed by atoms with van der Waals surface area (Å²) in [6.07, 6.45) is 0. The van der Waals surface area contributed by atoms with Crippen molar-refractivity contribution in [2.24, 2.45) is 4.99 Å². The fraction of sp³-hybridized carbons (Fsp3) is 0.154. The maximum absolute atomic E-state index is 12.6. The van der Waals surface area contributed by atoms with E-state index in [1.165, 1.54) is 15.6 Å². The van der Waals surface area contributed by atoms with E-state index in [1.54, 1.807) is 35.7 Å². The second kappa shape index (κ2) is 5.20. The number of benzene rings is 1. The molecular formula is C13H11ClN2O2S2. The Balaban J connectivity index is 2.02. The highest BCUT2D eigenvalue weighted by Crippen LogP contribution is 2.25. The molecule has 2 heterocycles. The van der Waals surface area contributed by atoms with Gasteiger partial charge in [0, 0.05) is 10.6 Å². The molecule has 1 aliphatic rings. The van der Waals surface area contributed by atoms with Gasteiger partial charge in [0.2, 0.25) is 0 Å². The standard InChI is InChI=1S/C13H11ClN2O2S2/c14-11-4-1-3-10(9-11)13-15-6-7-16(13)20(17,18)12-5-2-8-19-12/h1-5,8-9H,6-7H2. The molecule has 0 bridgehead atoms. The Morgan fingerprint density at radius 2 is 2.10 bits per heavy atom. The van der Waals surface area contributed by atoms with Crippen molar-refractivity contribution in [3.63, 3.8) is 0 Å². The van der Waals surface area contributed by atoms with Crippen molar-refractivity contribution in [1.29, 1.82) is 0 Å². The molecule has 0 spiro atoms. The molecule has 20 heavy (non-hydrogen) atoms. The summed E-state index contributed by atoms with van der Waals surface area (Å²) in [6, 6.07) is 10.4. The van der Waals surface area contributed by atoms with Crippen LogP contribution in [0.5, 0.6) is 0 Å². The van der Waals surface area contributed by atoms with Crippen LogP contribution in [0.15, 0.2) is 51.0 Å². The zero-order chi connectivity index (χ0) is 14.2. The minimum atomic E-state index is -3.53. The third kappa shape index (κ3) is 2.34. The Hall–Kier alpha value is -1.37. The zero-order valence-electron chi connectivity index (χ0n) is 10.4. The van der Waals surface area contributed by atoms with Crippen molar-refractivity contribution in [3.8, 4) is 0 Å². The predicted molar refractivity (Wildman–Crippen MR) is 81.1 cm³/mol. The zero-order valence-corrected chi connectivity index (χ0v) is 12.7. The summed E-state index contributed by atoms with van der Waals surface area (Å²) < 4.78 is 26.9. The van der Waals surface area contributed by atoms with Gasteiger partial charge in [-0.05, 0) is 23.6 Å². The van der Waals surface area contributed by atoms with Crippen LogP contribution >= 0.6 is 22.9 Å². The van der Waals surface area contributed by atoms with Gasteiger partial charge in [0.15, 0.2) is 0 Å². The fourth-order valence-electron chi connectivity index (χ4n) is 2.05. The molecule has 2 aromatic rings. The van der Waals surface area contributed by atoms with Crippen molar-refractivity contribution in [3.05, 3.63) is 52.4 Å². The van der Waals surface area contributed by atoms with Gasteiger partial charge in [0.1, 0.15) is 10.0 Å². The molecule has 3 rings (SSSR count). The molecule has 0 radical (unpaired) electrons. The molecule has 7 heteroatoms. The summed E-state index contributed by atoms with van der Waals surface area (Å²) in [4.78, 5) is 4.31. The lowest BCUT2D eigenvalue weighted by atomic mass is 10.2. The number of hydrogen-bond acceptors (Lipinski definition) is 4. The van der Waals surface area contributed by atoms with Gasteiger partial charge in [-0.25, -0.2) is 12.7 Å². The van der Waals surface area contributed by atoms with Crippen LogP contribution in [0.25, 0.3) is 0 Å². The highest BCUT2D eigenvalue weighted by molar-refractivity contribution is 7.91. The molecule has 1 aliphatic heterocycles. The van der Waals surface area contributed by atoms with E-state index in [-0.39, 0.29) is 0 Å². The average molecular weight is 327 g/mol. The van der Waals surface area contributed by atoms with Crippen LogP contribution in [0.1, 0.15) is 5.56 Å². The van der Waals surface area contributed by atoms with Gasteiger partial charge in [-0.2, -0.15) is 0 Å². The first-order chi connectivity index (χ1) is 9.59. The first-order valence-electron chi connectivity index (χ1n) is 5.96. The molecule has 0 atom stereocenters. The van der Waals surface area contributed by atoms with Gasteiger partial charge in [0.05, 0.1) is 13.1 Å². The second-order valence-electron chi connectivity index (χ2n) is 4.22. The number of amidine groups is 1. The van der Waals surface area contributed by atoms with E-state index in [9.17, 15) is 8.42 Å². The first-order valence-corrected chi connectivity index (χ1v) is 8.65. The fourth-order valence-corrected chi connectivity index (χ4v) is 4.79. The minimum Gasteiger partial charge on any atom is -0.265 e. The number of thiophene rings is 1. The van der Waals surface area contributed by atoms with Gasteiger partial charge >= 0.3 is 0 Å². The van der Waals surface area contributed by atoms with Crippen molar-refractivity contribution in [1.82, 2.24) is 4.31 Å².